The molecular weight excluding hydrogens is 906 g/mol. The summed E-state index contributed by atoms with van der Waals surface area (Å²) in [6.07, 6.45) is 1.51. The molecule has 4 aliphatic rings. The molecule has 4 aliphatic heterocycles. The highest BCUT2D eigenvalue weighted by Crippen LogP contribution is 2.25. The minimum Gasteiger partial charge on any atom is -0.444 e. The molecule has 0 aliphatic carbocycles. The number of aromatic amines is 2. The predicted molar refractivity (Wildman–Crippen MR) is 235 cm³/mol. The van der Waals surface area contributed by atoms with E-state index in [1.165, 1.54) is 60.1 Å². The van der Waals surface area contributed by atoms with Gasteiger partial charge in [-0.1, -0.05) is 32.1 Å². The third-order valence-electron chi connectivity index (χ3n) is 10.3. The van der Waals surface area contributed by atoms with Crippen LogP contribution < -0.4 is 47.9 Å². The largest absolute Gasteiger partial charge is 0.503 e. The maximum atomic E-state index is 14.6. The molecule has 3 aromatic rings. The average Bonchev–Trinajstić information content (AvgIpc) is 3.85. The van der Waals surface area contributed by atoms with Crippen molar-refractivity contribution in [1.82, 2.24) is 25.9 Å². The molecule has 0 spiro atoms. The van der Waals surface area contributed by atoms with E-state index in [1.807, 2.05) is 13.8 Å². The fraction of sp³-hybridized carbons (Fsp3) is 0.317. The zero-order chi connectivity index (χ0) is 50.0. The van der Waals surface area contributed by atoms with Crippen LogP contribution in [-0.4, -0.2) is 118 Å². The van der Waals surface area contributed by atoms with Crippen LogP contribution in [0.25, 0.3) is 6.08 Å². The number of aliphatic hydroxyl groups excluding tert-OH is 1. The van der Waals surface area contributed by atoms with Crippen LogP contribution >= 0.6 is 0 Å². The Kier molecular flexibility index (Phi) is 17.4. The Morgan fingerprint density at radius 3 is 1.96 bits per heavy atom. The number of amides is 6. The molecule has 27 heteroatoms. The summed E-state index contributed by atoms with van der Waals surface area (Å²) in [6.45, 7) is 7.52. The molecule has 2 atom stereocenters. The van der Waals surface area contributed by atoms with Gasteiger partial charge in [-0.25, -0.2) is 23.2 Å². The SMILES string of the molecule is CC1=C(/C=C/C(=O)NC(O)O)CC(=O)NC1=O.CC[C@H]1CN(c2ccc(B(O)O)c(F)c2)C(=O)O1.CC[C@H]1CN(c2ccc(B3OC(NC(=O)/C=C/c4[nH]c(=O)[nH]c(=O)c4C)O3)c(F)c2)C(=O)O1. The van der Waals surface area contributed by atoms with Gasteiger partial charge >= 0.3 is 32.1 Å². The van der Waals surface area contributed by atoms with E-state index in [0.717, 1.165) is 18.2 Å². The number of H-pyrrole nitrogens is 2. The number of cyclic esters (lactones) is 2. The van der Waals surface area contributed by atoms with E-state index in [9.17, 15) is 47.1 Å². The van der Waals surface area contributed by atoms with Gasteiger partial charge in [0.25, 0.3) is 11.5 Å². The van der Waals surface area contributed by atoms with Crippen LogP contribution in [0.15, 0.2) is 75.4 Å². The van der Waals surface area contributed by atoms with Gasteiger partial charge in [-0.05, 0) is 62.6 Å². The lowest BCUT2D eigenvalue weighted by Gasteiger charge is -2.34. The monoisotopic (exact) mass is 951 g/mol. The number of hydrogen-bond donors (Lipinski definition) is 9. The van der Waals surface area contributed by atoms with E-state index < -0.39 is 85.8 Å². The highest BCUT2D eigenvalue weighted by atomic mass is 19.1. The van der Waals surface area contributed by atoms with E-state index in [-0.39, 0.29) is 40.8 Å². The second-order valence-electron chi connectivity index (χ2n) is 15.0. The lowest BCUT2D eigenvalue weighted by molar-refractivity contribution is -0.147. The number of rotatable bonds is 12. The van der Waals surface area contributed by atoms with E-state index >= 15 is 0 Å². The van der Waals surface area contributed by atoms with Crippen molar-refractivity contribution < 1.29 is 76.6 Å². The van der Waals surface area contributed by atoms with Gasteiger partial charge in [0.2, 0.25) is 30.5 Å². The van der Waals surface area contributed by atoms with Gasteiger partial charge in [-0.3, -0.25) is 44.1 Å². The molecule has 68 heavy (non-hydrogen) atoms. The van der Waals surface area contributed by atoms with Gasteiger partial charge in [-0.2, -0.15) is 0 Å². The minimum absolute atomic E-state index is 0.00301. The van der Waals surface area contributed by atoms with Crippen molar-refractivity contribution in [3.05, 3.63) is 110 Å². The quantitative estimate of drug-likeness (QED) is 0.0438. The molecule has 5 heterocycles. The lowest BCUT2D eigenvalue weighted by atomic mass is 9.76. The van der Waals surface area contributed by atoms with Crippen molar-refractivity contribution in [2.75, 3.05) is 22.9 Å². The summed E-state index contributed by atoms with van der Waals surface area (Å²) in [5.41, 5.74) is 0.514. The molecule has 360 valence electrons. The summed E-state index contributed by atoms with van der Waals surface area (Å²) in [7, 11) is -2.90. The molecule has 2 aromatic carbocycles. The molecular formula is C41H45B2F2N7O16. The second kappa shape index (κ2) is 22.9. The molecule has 0 unspecified atom stereocenters. The average molecular weight is 951 g/mol. The van der Waals surface area contributed by atoms with Crippen LogP contribution in [0.1, 0.15) is 51.3 Å². The molecule has 7 rings (SSSR count). The number of allylic oxidation sites excluding steroid dienone is 1. The highest BCUT2D eigenvalue weighted by molar-refractivity contribution is 6.63. The Labute approximate surface area is 384 Å². The van der Waals surface area contributed by atoms with Gasteiger partial charge in [-0.15, -0.1) is 0 Å². The van der Waals surface area contributed by atoms with Gasteiger partial charge in [0.15, 0.2) is 0 Å². The van der Waals surface area contributed by atoms with Gasteiger partial charge in [0.05, 0.1) is 36.6 Å². The smallest absolute Gasteiger partial charge is 0.444 e. The Morgan fingerprint density at radius 2 is 1.43 bits per heavy atom. The summed E-state index contributed by atoms with van der Waals surface area (Å²) in [6, 6.07) is 7.98. The number of hydrogen-bond acceptors (Lipinski definition) is 16. The normalized spacial score (nSPS) is 18.2. The first-order chi connectivity index (χ1) is 32.2. The molecule has 3 fully saturated rings. The molecule has 6 amide bonds. The Morgan fingerprint density at radius 1 is 0.853 bits per heavy atom. The molecule has 1 aromatic heterocycles. The number of halogens is 2. The molecule has 23 nitrogen and oxygen atoms in total. The van der Waals surface area contributed by atoms with Crippen molar-refractivity contribution in [2.45, 2.75) is 72.0 Å². The topological polar surface area (TPSA) is 329 Å². The maximum absolute atomic E-state index is 14.6. The standard InChI is InChI=1S/C20H20BFN4O7.C11H13BFNO4.C10H12N2O5/c1-3-12-9-26(20(30)31-12)11-4-5-13(14(22)8-11)21-32-19(33-21)24-16(27)7-6-15-10(2)17(28)25-18(29)23-15;1-2-8-6-14(11(15)18-8)7-3-4-9(12(16)17)10(13)5-7;1-5-6(4-8(14)11-9(5)15)2-3-7(13)12-10(16)17/h4-8,12,19H,3,9H2,1-2H3,(H,24,27)(H2,23,25,28,29);3-5,8,16-17H,2,6H2,1H3;2-3,10,16-17H,4H2,1H3,(H,12,13)(H,11,14,15)/b7-6+;;3-2+/t12-;8-;/m00./s1. The molecule has 0 radical (unpaired) electrons. The van der Waals surface area contributed by atoms with Crippen molar-refractivity contribution >= 4 is 78.4 Å². The molecule has 9 N–H and O–H groups in total. The molecule has 3 saturated heterocycles. The van der Waals surface area contributed by atoms with Crippen LogP contribution in [0, 0.1) is 18.6 Å². The number of nitrogens with zero attached hydrogens (tertiary/aromatic N) is 2. The van der Waals surface area contributed by atoms with Gasteiger partial charge in [0, 0.05) is 34.2 Å². The summed E-state index contributed by atoms with van der Waals surface area (Å²) in [4.78, 5) is 98.9. The summed E-state index contributed by atoms with van der Waals surface area (Å²) in [5, 5.41) is 41.0. The Balaban J connectivity index is 0.000000209. The third-order valence-corrected chi connectivity index (χ3v) is 10.3. The predicted octanol–water partition coefficient (Wildman–Crippen LogP) is -1.37. The Hall–Kier alpha value is -7.29. The van der Waals surface area contributed by atoms with Crippen LogP contribution in [0.4, 0.5) is 29.7 Å². The molecule has 0 bridgehead atoms. The number of ether oxygens (including phenoxy) is 2. The third kappa shape index (κ3) is 13.4. The van der Waals surface area contributed by atoms with E-state index in [4.69, 9.17) is 39.0 Å². The number of benzene rings is 2. The lowest BCUT2D eigenvalue weighted by Crippen LogP contribution is -2.60. The van der Waals surface area contributed by atoms with Crippen molar-refractivity contribution in [2.24, 2.45) is 0 Å². The summed E-state index contributed by atoms with van der Waals surface area (Å²) >= 11 is 0. The van der Waals surface area contributed by atoms with Crippen molar-refractivity contribution in [3.8, 4) is 0 Å². The second-order valence-corrected chi connectivity index (χ2v) is 15.0. The Bertz CT molecular complexity index is 2650. The number of nitrogens with one attached hydrogen (secondary N) is 5. The highest BCUT2D eigenvalue weighted by Gasteiger charge is 2.41. The van der Waals surface area contributed by atoms with E-state index in [0.29, 0.717) is 48.5 Å². The number of anilines is 2. The first kappa shape index (κ1) is 51.7. The zero-order valence-electron chi connectivity index (χ0n) is 36.6. The number of carbonyl (C=O) groups is 6. The number of carbonyl (C=O) groups excluding carboxylic acids is 6. The number of aromatic nitrogens is 2. The van der Waals surface area contributed by atoms with E-state index in [2.05, 4.69) is 20.6 Å². The van der Waals surface area contributed by atoms with Crippen LogP contribution in [0.3, 0.4) is 0 Å². The number of imide groups is 1. The number of aliphatic hydroxyl groups is 2. The maximum Gasteiger partial charge on any atom is 0.503 e. The first-order valence-corrected chi connectivity index (χ1v) is 20.6. The van der Waals surface area contributed by atoms with Crippen LogP contribution in [0.2, 0.25) is 0 Å². The fourth-order valence-corrected chi connectivity index (χ4v) is 6.42. The van der Waals surface area contributed by atoms with Gasteiger partial charge < -0.3 is 54.7 Å². The molecule has 0 saturated carbocycles. The summed E-state index contributed by atoms with van der Waals surface area (Å²) < 4.78 is 49.1. The first-order valence-electron chi connectivity index (χ1n) is 20.6. The summed E-state index contributed by atoms with van der Waals surface area (Å²) in [5.74, 6) is -3.70. The van der Waals surface area contributed by atoms with Crippen molar-refractivity contribution in [1.29, 1.82) is 0 Å². The van der Waals surface area contributed by atoms with Gasteiger partial charge in [0.1, 0.15) is 23.8 Å². The zero-order valence-corrected chi connectivity index (χ0v) is 36.6. The van der Waals surface area contributed by atoms with E-state index in [1.54, 1.807) is 11.4 Å². The van der Waals surface area contributed by atoms with Crippen LogP contribution in [0.5, 0.6) is 0 Å². The fourth-order valence-electron chi connectivity index (χ4n) is 6.42. The van der Waals surface area contributed by atoms with Crippen molar-refractivity contribution in [3.63, 3.8) is 0 Å². The minimum atomic E-state index is -1.95. The van der Waals surface area contributed by atoms with Crippen LogP contribution in [-0.2, 0) is 38.0 Å².